The average molecular weight is 410 g/mol. The number of amides is 3. The summed E-state index contributed by atoms with van der Waals surface area (Å²) < 4.78 is 9.45. The molecule has 0 aromatic carbocycles. The lowest BCUT2D eigenvalue weighted by atomic mass is 10.1. The van der Waals surface area contributed by atoms with Crippen LogP contribution >= 0.6 is 11.5 Å². The van der Waals surface area contributed by atoms with E-state index in [2.05, 4.69) is 9.69 Å². The quantitative estimate of drug-likeness (QED) is 0.611. The van der Waals surface area contributed by atoms with Gasteiger partial charge in [0.05, 0.1) is 11.8 Å². The van der Waals surface area contributed by atoms with Crippen LogP contribution in [0.1, 0.15) is 65.6 Å². The van der Waals surface area contributed by atoms with Crippen LogP contribution in [0, 0.1) is 0 Å². The van der Waals surface area contributed by atoms with Gasteiger partial charge >= 0.3 is 0 Å². The zero-order valence-corrected chi connectivity index (χ0v) is 16.8. The highest BCUT2D eigenvalue weighted by atomic mass is 32.1. The molecule has 0 radical (unpaired) electrons. The second-order valence-electron chi connectivity index (χ2n) is 7.35. The Morgan fingerprint density at radius 1 is 1.29 bits per heavy atom. The van der Waals surface area contributed by atoms with Crippen LogP contribution in [0.5, 0.6) is 0 Å². The molecule has 10 heteroatoms. The second kappa shape index (κ2) is 8.87. The number of nitrogens with two attached hydrogens (primary N) is 2. The summed E-state index contributed by atoms with van der Waals surface area (Å²) in [6.45, 7) is 2.87. The highest BCUT2D eigenvalue weighted by Crippen LogP contribution is 2.30. The molecule has 1 aliphatic heterocycles. The summed E-state index contributed by atoms with van der Waals surface area (Å²) >= 11 is 0.844. The van der Waals surface area contributed by atoms with Crippen LogP contribution in [0.25, 0.3) is 0 Å². The number of nitrogens with one attached hydrogen (secondary N) is 1. The third-order valence-corrected chi connectivity index (χ3v) is 6.28. The summed E-state index contributed by atoms with van der Waals surface area (Å²) in [7, 11) is 0. The van der Waals surface area contributed by atoms with Gasteiger partial charge in [-0.05, 0) is 44.1 Å². The van der Waals surface area contributed by atoms with E-state index in [1.165, 1.54) is 0 Å². The van der Waals surface area contributed by atoms with Gasteiger partial charge in [0, 0.05) is 19.2 Å². The van der Waals surface area contributed by atoms with Gasteiger partial charge in [0.25, 0.3) is 11.8 Å². The van der Waals surface area contributed by atoms with Crippen LogP contribution in [-0.4, -0.2) is 58.3 Å². The number of primary amides is 1. The van der Waals surface area contributed by atoms with Crippen LogP contribution in [0.4, 0.5) is 5.69 Å². The molecule has 0 unspecified atom stereocenters. The average Bonchev–Trinajstić information content (AvgIpc) is 3.41. The van der Waals surface area contributed by atoms with E-state index in [1.807, 2.05) is 0 Å². The number of aromatic nitrogens is 1. The Balaban J connectivity index is 1.77. The lowest BCUT2D eigenvalue weighted by Crippen LogP contribution is -2.52. The highest BCUT2D eigenvalue weighted by molar-refractivity contribution is 7.09. The third-order valence-electron chi connectivity index (χ3n) is 5.43. The summed E-state index contributed by atoms with van der Waals surface area (Å²) in [6.07, 6.45) is 5.62. The number of carbonyl (C=O) groups is 3. The molecule has 28 heavy (non-hydrogen) atoms. The minimum atomic E-state index is -0.775. The number of nitrogen functional groups attached to an aromatic ring is 1. The first-order valence-electron chi connectivity index (χ1n) is 9.67. The fraction of sp³-hybridized carbons (Fsp3) is 0.667. The molecular weight excluding hydrogens is 382 g/mol. The van der Waals surface area contributed by atoms with Crippen LogP contribution < -0.4 is 16.8 Å². The first-order chi connectivity index (χ1) is 13.4. The number of ether oxygens (including phenoxy) is 1. The van der Waals surface area contributed by atoms with Crippen LogP contribution in [0.3, 0.4) is 0 Å². The molecule has 1 aliphatic carbocycles. The van der Waals surface area contributed by atoms with Crippen molar-refractivity contribution in [2.75, 3.05) is 18.9 Å². The standard InChI is InChI=1S/C18H27N5O4S/c1-10(17(25)21-9-12-7-4-8-27-12)23(11-5-2-3-6-11)18(26)15-13(19)14(16(20)24)22-28-15/h10-12H,2-9,19H2,1H3,(H2,20,24)(H,21,25)/t10-,12-/m1/s1. The van der Waals surface area contributed by atoms with Gasteiger partial charge in [-0.15, -0.1) is 0 Å². The Labute approximate surface area is 167 Å². The molecule has 2 fully saturated rings. The van der Waals surface area contributed by atoms with E-state index in [1.54, 1.807) is 11.8 Å². The largest absolute Gasteiger partial charge is 0.395 e. The second-order valence-corrected chi connectivity index (χ2v) is 8.12. The Morgan fingerprint density at radius 3 is 2.57 bits per heavy atom. The molecule has 0 spiro atoms. The van der Waals surface area contributed by atoms with E-state index in [4.69, 9.17) is 16.2 Å². The molecular formula is C18H27N5O4S. The molecule has 1 saturated carbocycles. The van der Waals surface area contributed by atoms with Crippen LogP contribution in [0.15, 0.2) is 0 Å². The molecule has 2 aliphatic rings. The fourth-order valence-corrected chi connectivity index (χ4v) is 4.63. The molecule has 3 amide bonds. The minimum absolute atomic E-state index is 0.0162. The predicted molar refractivity (Wildman–Crippen MR) is 105 cm³/mol. The summed E-state index contributed by atoms with van der Waals surface area (Å²) in [5.74, 6) is -1.38. The van der Waals surface area contributed by atoms with Gasteiger partial charge in [-0.25, -0.2) is 0 Å². The maximum absolute atomic E-state index is 13.3. The first kappa shape index (κ1) is 20.5. The number of rotatable bonds is 7. The molecule has 1 saturated heterocycles. The van der Waals surface area contributed by atoms with E-state index in [0.29, 0.717) is 6.54 Å². The van der Waals surface area contributed by atoms with Gasteiger partial charge < -0.3 is 26.4 Å². The van der Waals surface area contributed by atoms with E-state index < -0.39 is 11.9 Å². The number of carbonyl (C=O) groups excluding carboxylic acids is 3. The minimum Gasteiger partial charge on any atom is -0.395 e. The van der Waals surface area contributed by atoms with Crippen molar-refractivity contribution in [3.05, 3.63) is 10.6 Å². The van der Waals surface area contributed by atoms with E-state index in [0.717, 1.165) is 56.7 Å². The molecule has 3 rings (SSSR count). The third kappa shape index (κ3) is 4.27. The summed E-state index contributed by atoms with van der Waals surface area (Å²) in [4.78, 5) is 39.2. The maximum Gasteiger partial charge on any atom is 0.270 e. The summed E-state index contributed by atoms with van der Waals surface area (Å²) in [5.41, 5.74) is 11.1. The first-order valence-corrected chi connectivity index (χ1v) is 10.4. The van der Waals surface area contributed by atoms with Crippen molar-refractivity contribution < 1.29 is 19.1 Å². The van der Waals surface area contributed by atoms with Crippen LogP contribution in [-0.2, 0) is 9.53 Å². The normalized spacial score (nSPS) is 20.8. The van der Waals surface area contributed by atoms with Crippen molar-refractivity contribution in [2.24, 2.45) is 5.73 Å². The number of anilines is 1. The monoisotopic (exact) mass is 409 g/mol. The zero-order chi connectivity index (χ0) is 20.3. The summed E-state index contributed by atoms with van der Waals surface area (Å²) in [6, 6.07) is -0.718. The summed E-state index contributed by atoms with van der Waals surface area (Å²) in [5, 5.41) is 2.90. The number of hydrogen-bond acceptors (Lipinski definition) is 7. The molecule has 0 bridgehead atoms. The van der Waals surface area contributed by atoms with Crippen molar-refractivity contribution >= 4 is 34.9 Å². The smallest absolute Gasteiger partial charge is 0.270 e. The SMILES string of the molecule is C[C@H](C(=O)NC[C@H]1CCCO1)N(C(=O)c1snc(C(N)=O)c1N)C1CCCC1. The molecule has 154 valence electrons. The molecule has 2 atom stereocenters. The topological polar surface area (TPSA) is 141 Å². The maximum atomic E-state index is 13.3. The zero-order valence-electron chi connectivity index (χ0n) is 16.0. The van der Waals surface area contributed by atoms with Crippen molar-refractivity contribution in [2.45, 2.75) is 63.6 Å². The number of hydrogen-bond donors (Lipinski definition) is 3. The Kier molecular flexibility index (Phi) is 6.50. The van der Waals surface area contributed by atoms with E-state index in [9.17, 15) is 14.4 Å². The van der Waals surface area contributed by atoms with Gasteiger partial charge in [-0.2, -0.15) is 4.37 Å². The van der Waals surface area contributed by atoms with Crippen molar-refractivity contribution in [3.63, 3.8) is 0 Å². The Morgan fingerprint density at radius 2 is 2.00 bits per heavy atom. The van der Waals surface area contributed by atoms with Gasteiger partial charge in [0.2, 0.25) is 5.91 Å². The predicted octanol–water partition coefficient (Wildman–Crippen LogP) is 0.893. The van der Waals surface area contributed by atoms with Gasteiger partial charge in [0.1, 0.15) is 10.9 Å². The lowest BCUT2D eigenvalue weighted by Gasteiger charge is -2.33. The van der Waals surface area contributed by atoms with Gasteiger partial charge in [0.15, 0.2) is 5.69 Å². The molecule has 9 nitrogen and oxygen atoms in total. The van der Waals surface area contributed by atoms with Crippen LogP contribution in [0.2, 0.25) is 0 Å². The highest BCUT2D eigenvalue weighted by Gasteiger charge is 2.37. The molecule has 1 aromatic rings. The lowest BCUT2D eigenvalue weighted by molar-refractivity contribution is -0.126. The number of nitrogens with zero attached hydrogens (tertiary/aromatic N) is 2. The molecule has 1 aromatic heterocycles. The van der Waals surface area contributed by atoms with Crippen molar-refractivity contribution in [1.29, 1.82) is 0 Å². The van der Waals surface area contributed by atoms with E-state index >= 15 is 0 Å². The van der Waals surface area contributed by atoms with Gasteiger partial charge in [-0.1, -0.05) is 12.8 Å². The van der Waals surface area contributed by atoms with Crippen molar-refractivity contribution in [3.8, 4) is 0 Å². The Hall–Kier alpha value is -2.20. The van der Waals surface area contributed by atoms with E-state index in [-0.39, 0.29) is 40.2 Å². The van der Waals surface area contributed by atoms with Gasteiger partial charge in [-0.3, -0.25) is 14.4 Å². The van der Waals surface area contributed by atoms with Crippen molar-refractivity contribution in [1.82, 2.24) is 14.6 Å². The molecule has 2 heterocycles. The Bertz CT molecular complexity index is 740. The fourth-order valence-electron chi connectivity index (χ4n) is 3.88. The molecule has 5 N–H and O–H groups in total.